The Hall–Kier alpha value is -2.22. The zero-order valence-corrected chi connectivity index (χ0v) is 24.1. The number of rotatable bonds is 14. The smallest absolute Gasteiger partial charge is 0.305 e. The van der Waals surface area contributed by atoms with Gasteiger partial charge in [0.05, 0.1) is 25.4 Å². The summed E-state index contributed by atoms with van der Waals surface area (Å²) in [4.78, 5) is 14.3. The van der Waals surface area contributed by atoms with Gasteiger partial charge in [0.1, 0.15) is 6.61 Å². The lowest BCUT2D eigenvalue weighted by Crippen LogP contribution is -2.38. The number of alkyl halides is 1. The van der Waals surface area contributed by atoms with Crippen LogP contribution >= 0.6 is 11.6 Å². The van der Waals surface area contributed by atoms with Gasteiger partial charge in [0, 0.05) is 37.4 Å². The van der Waals surface area contributed by atoms with Crippen LogP contribution in [0.3, 0.4) is 0 Å². The second-order valence-corrected chi connectivity index (χ2v) is 11.5. The molecule has 2 fully saturated rings. The van der Waals surface area contributed by atoms with Crippen LogP contribution in [0, 0.1) is 5.92 Å². The maximum Gasteiger partial charge on any atom is 0.305 e. The van der Waals surface area contributed by atoms with E-state index in [0.717, 1.165) is 69.7 Å². The van der Waals surface area contributed by atoms with Gasteiger partial charge in [-0.2, -0.15) is 0 Å². The van der Waals surface area contributed by atoms with Crippen LogP contribution in [-0.2, 0) is 20.7 Å². The SMILES string of the molecule is O=C(CCCC=CC[C@@H]1[C@@H](c2ccc(C(O)CCc3ccccc3)cc2)[C@H](O)C[C@H]1Cl)OCCN1CCOCC1. The Morgan fingerprint density at radius 1 is 1.10 bits per heavy atom. The van der Waals surface area contributed by atoms with E-state index in [9.17, 15) is 15.0 Å². The fraction of sp³-hybridized carbons (Fsp3) is 0.545. The monoisotopic (exact) mass is 569 g/mol. The molecule has 0 bridgehead atoms. The first-order valence-electron chi connectivity index (χ1n) is 14.8. The molecule has 1 saturated heterocycles. The Labute approximate surface area is 243 Å². The van der Waals surface area contributed by atoms with Crippen molar-refractivity contribution in [1.29, 1.82) is 0 Å². The molecule has 1 aliphatic carbocycles. The summed E-state index contributed by atoms with van der Waals surface area (Å²) >= 11 is 6.68. The van der Waals surface area contributed by atoms with Crippen molar-refractivity contribution in [3.05, 3.63) is 83.4 Å². The maximum atomic E-state index is 12.0. The van der Waals surface area contributed by atoms with Crippen molar-refractivity contribution in [3.63, 3.8) is 0 Å². The second kappa shape index (κ2) is 16.3. The van der Waals surface area contributed by atoms with E-state index < -0.39 is 12.2 Å². The van der Waals surface area contributed by atoms with E-state index in [1.165, 1.54) is 5.56 Å². The fourth-order valence-corrected chi connectivity index (χ4v) is 6.24. The molecule has 40 heavy (non-hydrogen) atoms. The highest BCUT2D eigenvalue weighted by Crippen LogP contribution is 2.45. The van der Waals surface area contributed by atoms with Gasteiger partial charge in [0.25, 0.3) is 0 Å². The molecule has 0 amide bonds. The average molecular weight is 570 g/mol. The third-order valence-corrected chi connectivity index (χ3v) is 8.67. The first kappa shape index (κ1) is 30.7. The Bertz CT molecular complexity index is 1040. The van der Waals surface area contributed by atoms with Crippen molar-refractivity contribution in [2.45, 2.75) is 68.4 Å². The number of carbonyl (C=O) groups excluding carboxylic acids is 1. The number of unbranched alkanes of at least 4 members (excludes halogenated alkanes) is 1. The number of aryl methyl sites for hydroxylation is 1. The number of carbonyl (C=O) groups is 1. The minimum absolute atomic E-state index is 0.0379. The normalized spacial score (nSPS) is 24.4. The van der Waals surface area contributed by atoms with Crippen LogP contribution < -0.4 is 0 Å². The number of hydrogen-bond donors (Lipinski definition) is 2. The Kier molecular flexibility index (Phi) is 12.5. The van der Waals surface area contributed by atoms with Crippen LogP contribution in [0.25, 0.3) is 0 Å². The zero-order chi connectivity index (χ0) is 28.2. The predicted octanol–water partition coefficient (Wildman–Crippen LogP) is 5.42. The second-order valence-electron chi connectivity index (χ2n) is 11.0. The van der Waals surface area contributed by atoms with Crippen LogP contribution in [-0.4, -0.2) is 72.0 Å². The summed E-state index contributed by atoms with van der Waals surface area (Å²) in [5, 5.41) is 21.4. The highest BCUT2D eigenvalue weighted by atomic mass is 35.5. The molecule has 1 heterocycles. The number of halogens is 1. The van der Waals surface area contributed by atoms with Crippen molar-refractivity contribution in [2.24, 2.45) is 5.92 Å². The largest absolute Gasteiger partial charge is 0.464 e. The topological polar surface area (TPSA) is 79.2 Å². The molecule has 7 heteroatoms. The number of hydrogen-bond acceptors (Lipinski definition) is 6. The van der Waals surface area contributed by atoms with Gasteiger partial charge < -0.3 is 19.7 Å². The number of morpholine rings is 1. The molecule has 2 N–H and O–H groups in total. The lowest BCUT2D eigenvalue weighted by Gasteiger charge is -2.26. The summed E-state index contributed by atoms with van der Waals surface area (Å²) in [6, 6.07) is 18.2. The molecule has 0 radical (unpaired) electrons. The summed E-state index contributed by atoms with van der Waals surface area (Å²) in [6.07, 6.45) is 8.05. The third kappa shape index (κ3) is 9.42. The number of esters is 1. The molecule has 4 rings (SSSR count). The van der Waals surface area contributed by atoms with E-state index in [0.29, 0.717) is 25.9 Å². The minimum Gasteiger partial charge on any atom is -0.464 e. The highest BCUT2D eigenvalue weighted by Gasteiger charge is 2.41. The molecule has 5 atom stereocenters. The van der Waals surface area contributed by atoms with Gasteiger partial charge in [-0.15, -0.1) is 11.6 Å². The molecule has 2 aromatic rings. The number of benzene rings is 2. The zero-order valence-electron chi connectivity index (χ0n) is 23.4. The van der Waals surface area contributed by atoms with Crippen LogP contribution in [0.5, 0.6) is 0 Å². The summed E-state index contributed by atoms with van der Waals surface area (Å²) in [6.45, 7) is 4.49. The highest BCUT2D eigenvalue weighted by molar-refractivity contribution is 6.21. The molecular formula is C33H44ClNO5. The number of nitrogens with zero attached hydrogens (tertiary/aromatic N) is 1. The van der Waals surface area contributed by atoms with E-state index in [4.69, 9.17) is 21.1 Å². The lowest BCUT2D eigenvalue weighted by atomic mass is 9.84. The van der Waals surface area contributed by atoms with Crippen molar-refractivity contribution in [1.82, 2.24) is 4.90 Å². The van der Waals surface area contributed by atoms with Crippen molar-refractivity contribution in [2.75, 3.05) is 39.5 Å². The van der Waals surface area contributed by atoms with Gasteiger partial charge in [0.2, 0.25) is 0 Å². The number of allylic oxidation sites excluding steroid dienone is 2. The van der Waals surface area contributed by atoms with Crippen molar-refractivity contribution < 1.29 is 24.5 Å². The van der Waals surface area contributed by atoms with Gasteiger partial charge in [-0.1, -0.05) is 66.7 Å². The molecule has 1 aliphatic heterocycles. The Morgan fingerprint density at radius 3 is 2.60 bits per heavy atom. The van der Waals surface area contributed by atoms with Crippen LogP contribution in [0.1, 0.15) is 67.2 Å². The summed E-state index contributed by atoms with van der Waals surface area (Å²) < 4.78 is 10.7. The molecule has 218 valence electrons. The number of aliphatic hydroxyl groups excluding tert-OH is 2. The molecule has 2 aliphatic rings. The quantitative estimate of drug-likeness (QED) is 0.137. The van der Waals surface area contributed by atoms with Gasteiger partial charge >= 0.3 is 5.97 Å². The standard InChI is InChI=1S/C33H44ClNO5/c34-29-24-31(37)33(27-15-13-26(14-16-27)30(36)17-12-25-8-4-3-5-9-25)28(29)10-6-1-2-7-11-32(38)40-23-20-35-18-21-39-22-19-35/h1,3-6,8-9,13-16,28-31,33,36-37H,2,7,10-12,17-24H2/t28-,29+,30?,31+,33+/m0/s1. The van der Waals surface area contributed by atoms with E-state index in [2.05, 4.69) is 29.2 Å². The van der Waals surface area contributed by atoms with Gasteiger partial charge in [-0.05, 0) is 61.1 Å². The van der Waals surface area contributed by atoms with Crippen molar-refractivity contribution in [3.8, 4) is 0 Å². The molecule has 6 nitrogen and oxygen atoms in total. The van der Waals surface area contributed by atoms with Crippen LogP contribution in [0.2, 0.25) is 0 Å². The number of ether oxygens (including phenoxy) is 2. The Morgan fingerprint density at radius 2 is 1.85 bits per heavy atom. The first-order valence-corrected chi connectivity index (χ1v) is 15.2. The molecule has 1 unspecified atom stereocenters. The third-order valence-electron chi connectivity index (χ3n) is 8.16. The fourth-order valence-electron chi connectivity index (χ4n) is 5.80. The predicted molar refractivity (Wildman–Crippen MR) is 158 cm³/mol. The molecule has 0 spiro atoms. The van der Waals surface area contributed by atoms with E-state index in [1.807, 2.05) is 42.5 Å². The maximum absolute atomic E-state index is 12.0. The number of aliphatic hydroxyl groups is 2. The van der Waals surface area contributed by atoms with Crippen LogP contribution in [0.4, 0.5) is 0 Å². The average Bonchev–Trinajstić information content (AvgIpc) is 3.26. The summed E-state index contributed by atoms with van der Waals surface area (Å²) in [5.41, 5.74) is 3.18. The van der Waals surface area contributed by atoms with E-state index in [1.54, 1.807) is 0 Å². The van der Waals surface area contributed by atoms with Crippen molar-refractivity contribution >= 4 is 17.6 Å². The van der Waals surface area contributed by atoms with Gasteiger partial charge in [-0.3, -0.25) is 9.69 Å². The summed E-state index contributed by atoms with van der Waals surface area (Å²) in [5.74, 6) is -0.0499. The molecule has 2 aromatic carbocycles. The van der Waals surface area contributed by atoms with E-state index in [-0.39, 0.29) is 23.2 Å². The summed E-state index contributed by atoms with van der Waals surface area (Å²) in [7, 11) is 0. The van der Waals surface area contributed by atoms with Gasteiger partial charge in [0.15, 0.2) is 0 Å². The van der Waals surface area contributed by atoms with Crippen LogP contribution in [0.15, 0.2) is 66.7 Å². The van der Waals surface area contributed by atoms with E-state index >= 15 is 0 Å². The molecule has 1 saturated carbocycles. The lowest BCUT2D eigenvalue weighted by molar-refractivity contribution is -0.144. The first-order chi connectivity index (χ1) is 19.5. The molecular weight excluding hydrogens is 526 g/mol. The Balaban J connectivity index is 1.18. The molecule has 0 aromatic heterocycles. The minimum atomic E-state index is -0.524. The van der Waals surface area contributed by atoms with Gasteiger partial charge in [-0.25, -0.2) is 0 Å².